The number of carboxylic acids is 1. The Hall–Kier alpha value is -3.60. The van der Waals surface area contributed by atoms with Gasteiger partial charge in [-0.05, 0) is 42.7 Å². The Bertz CT molecular complexity index is 1100. The number of hydrogen-bond acceptors (Lipinski definition) is 5. The predicted molar refractivity (Wildman–Crippen MR) is 116 cm³/mol. The largest absolute Gasteiger partial charge is 0.490 e. The highest BCUT2D eigenvalue weighted by Gasteiger charge is 2.38. The number of fused-ring (bicyclic) bond motifs is 1. The molecule has 1 aliphatic rings. The van der Waals surface area contributed by atoms with E-state index in [0.29, 0.717) is 12.3 Å². The molecule has 2 aromatic heterocycles. The van der Waals surface area contributed by atoms with Crippen LogP contribution in [0.15, 0.2) is 59.3 Å². The van der Waals surface area contributed by atoms with Crippen LogP contribution in [-0.4, -0.2) is 50.9 Å². The van der Waals surface area contributed by atoms with Gasteiger partial charge < -0.3 is 14.8 Å². The summed E-state index contributed by atoms with van der Waals surface area (Å²) in [5.74, 6) is -2.58. The van der Waals surface area contributed by atoms with Crippen molar-refractivity contribution in [2.45, 2.75) is 38.7 Å². The van der Waals surface area contributed by atoms with Gasteiger partial charge in [0.25, 0.3) is 5.91 Å². The normalized spacial score (nSPS) is 15.7. The highest BCUT2D eigenvalue weighted by atomic mass is 19.4. The zero-order valence-electron chi connectivity index (χ0n) is 18.5. The molecule has 1 atom stereocenters. The minimum atomic E-state index is -5.08. The highest BCUT2D eigenvalue weighted by Crippen LogP contribution is 2.24. The molecule has 0 spiro atoms. The molecule has 1 aromatic carbocycles. The SMILES string of the molecule is Cc1ccccc1CN1Cc2ccnn2C(CCNC(=O)c2ccco2)C1.O=C(O)C(F)(F)F. The van der Waals surface area contributed by atoms with Gasteiger partial charge in [0, 0.05) is 32.4 Å². The van der Waals surface area contributed by atoms with Crippen LogP contribution in [0.3, 0.4) is 0 Å². The van der Waals surface area contributed by atoms with Crippen LogP contribution < -0.4 is 5.32 Å². The summed E-state index contributed by atoms with van der Waals surface area (Å²) < 4.78 is 39.0. The number of nitrogens with one attached hydrogen (secondary N) is 1. The number of benzene rings is 1. The second-order valence-electron chi connectivity index (χ2n) is 7.84. The zero-order chi connectivity index (χ0) is 24.7. The number of aromatic nitrogens is 2. The second-order valence-corrected chi connectivity index (χ2v) is 7.84. The summed E-state index contributed by atoms with van der Waals surface area (Å²) in [4.78, 5) is 23.4. The molecular weight excluding hydrogens is 453 g/mol. The number of hydrogen-bond donors (Lipinski definition) is 2. The van der Waals surface area contributed by atoms with E-state index in [9.17, 15) is 18.0 Å². The number of amides is 1. The summed E-state index contributed by atoms with van der Waals surface area (Å²) in [7, 11) is 0. The van der Waals surface area contributed by atoms with Gasteiger partial charge in [-0.1, -0.05) is 24.3 Å². The fourth-order valence-electron chi connectivity index (χ4n) is 3.67. The van der Waals surface area contributed by atoms with Crippen LogP contribution in [0.4, 0.5) is 13.2 Å². The number of aryl methyl sites for hydroxylation is 1. The van der Waals surface area contributed by atoms with Crippen LogP contribution in [0.25, 0.3) is 0 Å². The Morgan fingerprint density at radius 3 is 2.59 bits per heavy atom. The van der Waals surface area contributed by atoms with Crippen molar-refractivity contribution in [1.82, 2.24) is 20.0 Å². The van der Waals surface area contributed by atoms with Crippen LogP contribution in [0, 0.1) is 6.92 Å². The smallest absolute Gasteiger partial charge is 0.475 e. The van der Waals surface area contributed by atoms with E-state index in [4.69, 9.17) is 14.3 Å². The molecule has 0 fully saturated rings. The van der Waals surface area contributed by atoms with Crippen molar-refractivity contribution >= 4 is 11.9 Å². The lowest BCUT2D eigenvalue weighted by Gasteiger charge is -2.34. The lowest BCUT2D eigenvalue weighted by Crippen LogP contribution is -2.39. The maximum absolute atomic E-state index is 12.0. The number of rotatable bonds is 6. The van der Waals surface area contributed by atoms with E-state index in [2.05, 4.69) is 57.3 Å². The first-order valence-corrected chi connectivity index (χ1v) is 10.6. The van der Waals surface area contributed by atoms with E-state index in [-0.39, 0.29) is 11.9 Å². The quantitative estimate of drug-likeness (QED) is 0.559. The van der Waals surface area contributed by atoms with Gasteiger partial charge in [0.05, 0.1) is 18.0 Å². The number of alkyl halides is 3. The van der Waals surface area contributed by atoms with Gasteiger partial charge in [-0.15, -0.1) is 0 Å². The monoisotopic (exact) mass is 478 g/mol. The molecular formula is C23H25F3N4O4. The van der Waals surface area contributed by atoms with Crippen molar-refractivity contribution in [2.24, 2.45) is 0 Å². The molecule has 8 nitrogen and oxygen atoms in total. The Morgan fingerprint density at radius 1 is 1.21 bits per heavy atom. The Labute approximate surface area is 194 Å². The van der Waals surface area contributed by atoms with Gasteiger partial charge in [0.15, 0.2) is 5.76 Å². The van der Waals surface area contributed by atoms with Crippen molar-refractivity contribution in [1.29, 1.82) is 0 Å². The number of nitrogens with zero attached hydrogens (tertiary/aromatic N) is 3. The molecule has 11 heteroatoms. The van der Waals surface area contributed by atoms with Crippen molar-refractivity contribution < 1.29 is 32.3 Å². The van der Waals surface area contributed by atoms with Crippen LogP contribution in [0.2, 0.25) is 0 Å². The highest BCUT2D eigenvalue weighted by molar-refractivity contribution is 5.91. The van der Waals surface area contributed by atoms with Gasteiger partial charge in [0.1, 0.15) is 0 Å². The van der Waals surface area contributed by atoms with Gasteiger partial charge in [0.2, 0.25) is 0 Å². The molecule has 182 valence electrons. The van der Waals surface area contributed by atoms with E-state index in [0.717, 1.165) is 26.1 Å². The summed E-state index contributed by atoms with van der Waals surface area (Å²) in [6, 6.07) is 14.2. The lowest BCUT2D eigenvalue weighted by molar-refractivity contribution is -0.192. The van der Waals surface area contributed by atoms with Crippen LogP contribution in [-0.2, 0) is 17.9 Å². The predicted octanol–water partition coefficient (Wildman–Crippen LogP) is 3.79. The second kappa shape index (κ2) is 11.0. The number of carboxylic acid groups (broad SMARTS) is 1. The number of aliphatic carboxylic acids is 1. The number of carbonyl (C=O) groups excluding carboxylic acids is 1. The third-order valence-corrected chi connectivity index (χ3v) is 5.36. The number of carbonyl (C=O) groups is 2. The Balaban J connectivity index is 0.000000406. The molecule has 0 aliphatic carbocycles. The maximum atomic E-state index is 12.0. The summed E-state index contributed by atoms with van der Waals surface area (Å²) in [6.07, 6.45) is -0.887. The molecule has 0 radical (unpaired) electrons. The first-order chi connectivity index (χ1) is 16.1. The topological polar surface area (TPSA) is 101 Å². The van der Waals surface area contributed by atoms with Crippen LogP contribution >= 0.6 is 0 Å². The summed E-state index contributed by atoms with van der Waals surface area (Å²) in [5, 5.41) is 14.6. The average Bonchev–Trinajstić information content (AvgIpc) is 3.47. The minimum Gasteiger partial charge on any atom is -0.475 e. The molecule has 0 bridgehead atoms. The number of furan rings is 1. The molecule has 4 rings (SSSR count). The molecule has 1 aliphatic heterocycles. The van der Waals surface area contributed by atoms with Crippen molar-refractivity contribution in [3.63, 3.8) is 0 Å². The lowest BCUT2D eigenvalue weighted by atomic mass is 10.1. The van der Waals surface area contributed by atoms with Crippen molar-refractivity contribution in [3.8, 4) is 0 Å². The third-order valence-electron chi connectivity index (χ3n) is 5.36. The molecule has 1 unspecified atom stereocenters. The van der Waals surface area contributed by atoms with E-state index >= 15 is 0 Å². The first-order valence-electron chi connectivity index (χ1n) is 10.6. The maximum Gasteiger partial charge on any atom is 0.490 e. The van der Waals surface area contributed by atoms with E-state index in [1.54, 1.807) is 12.1 Å². The van der Waals surface area contributed by atoms with Crippen molar-refractivity contribution in [3.05, 3.63) is 77.5 Å². The Kier molecular flexibility index (Phi) is 8.11. The standard InChI is InChI=1S/C21H24N4O2.C2HF3O2/c1-16-5-2-3-6-17(16)13-24-14-18(25-19(15-24)9-11-23-25)8-10-22-21(26)20-7-4-12-27-20;3-2(4,5)1(6)7/h2-7,9,11-12,18H,8,10,13-15H2,1H3,(H,22,26);(H,6,7). The van der Waals surface area contributed by atoms with Gasteiger partial charge >= 0.3 is 12.1 Å². The molecule has 1 amide bonds. The van der Waals surface area contributed by atoms with E-state index in [1.165, 1.54) is 23.1 Å². The first kappa shape index (κ1) is 25.0. The average molecular weight is 478 g/mol. The molecule has 2 N–H and O–H groups in total. The summed E-state index contributed by atoms with van der Waals surface area (Å²) in [6.45, 7) is 5.48. The van der Waals surface area contributed by atoms with E-state index in [1.807, 2.05) is 6.20 Å². The van der Waals surface area contributed by atoms with E-state index < -0.39 is 12.1 Å². The fourth-order valence-corrected chi connectivity index (χ4v) is 3.67. The van der Waals surface area contributed by atoms with Gasteiger partial charge in [-0.25, -0.2) is 4.79 Å². The van der Waals surface area contributed by atoms with Gasteiger partial charge in [-0.2, -0.15) is 18.3 Å². The minimum absolute atomic E-state index is 0.173. The van der Waals surface area contributed by atoms with Crippen LogP contribution in [0.5, 0.6) is 0 Å². The van der Waals surface area contributed by atoms with Crippen molar-refractivity contribution in [2.75, 3.05) is 13.1 Å². The molecule has 0 saturated heterocycles. The fraction of sp³-hybridized carbons (Fsp3) is 0.348. The van der Waals surface area contributed by atoms with Gasteiger partial charge in [-0.3, -0.25) is 14.4 Å². The molecule has 34 heavy (non-hydrogen) atoms. The zero-order valence-corrected chi connectivity index (χ0v) is 18.5. The Morgan fingerprint density at radius 2 is 1.94 bits per heavy atom. The summed E-state index contributed by atoms with van der Waals surface area (Å²) in [5.41, 5.74) is 3.89. The molecule has 3 aromatic rings. The number of halogens is 3. The summed E-state index contributed by atoms with van der Waals surface area (Å²) >= 11 is 0. The molecule has 0 saturated carbocycles. The van der Waals surface area contributed by atoms with Crippen LogP contribution in [0.1, 0.15) is 39.8 Å². The third kappa shape index (κ3) is 6.70. The molecule has 3 heterocycles.